The summed E-state index contributed by atoms with van der Waals surface area (Å²) in [6.07, 6.45) is 10.8. The second-order valence-corrected chi connectivity index (χ2v) is 7.65. The zero-order chi connectivity index (χ0) is 16.6. The molecule has 5 nitrogen and oxygen atoms in total. The SMILES string of the molecule is c1cc(Sc2n[nH]c(Nc3c4c(cc5c3CCC5)CCC4)n2)ccn1. The molecular weight excluding hydrogens is 330 g/mol. The Kier molecular flexibility index (Phi) is 3.70. The van der Waals surface area contributed by atoms with Crippen molar-refractivity contribution in [3.05, 3.63) is 52.8 Å². The Bertz CT molecular complexity index is 887. The third-order valence-electron chi connectivity index (χ3n) is 5.04. The summed E-state index contributed by atoms with van der Waals surface area (Å²) < 4.78 is 0. The molecule has 0 radical (unpaired) electrons. The highest BCUT2D eigenvalue weighted by molar-refractivity contribution is 7.99. The van der Waals surface area contributed by atoms with Gasteiger partial charge in [0.25, 0.3) is 0 Å². The zero-order valence-electron chi connectivity index (χ0n) is 13.9. The minimum atomic E-state index is 0.720. The van der Waals surface area contributed by atoms with Crippen molar-refractivity contribution >= 4 is 23.4 Å². The molecule has 0 atom stereocenters. The molecule has 0 spiro atoms. The van der Waals surface area contributed by atoms with E-state index < -0.39 is 0 Å². The van der Waals surface area contributed by atoms with Crippen LogP contribution in [0.25, 0.3) is 0 Å². The molecule has 2 N–H and O–H groups in total. The number of aromatic amines is 1. The van der Waals surface area contributed by atoms with E-state index in [1.165, 1.54) is 65.4 Å². The predicted molar refractivity (Wildman–Crippen MR) is 98.5 cm³/mol. The van der Waals surface area contributed by atoms with Gasteiger partial charge in [0.2, 0.25) is 11.1 Å². The van der Waals surface area contributed by atoms with Crippen molar-refractivity contribution in [2.24, 2.45) is 0 Å². The van der Waals surface area contributed by atoms with E-state index in [0.29, 0.717) is 0 Å². The van der Waals surface area contributed by atoms with Crippen LogP contribution in [-0.4, -0.2) is 20.2 Å². The van der Waals surface area contributed by atoms with Gasteiger partial charge in [-0.25, -0.2) is 5.10 Å². The number of nitrogens with zero attached hydrogens (tertiary/aromatic N) is 3. The molecule has 0 aliphatic heterocycles. The number of aromatic nitrogens is 4. The molecule has 0 amide bonds. The Balaban J connectivity index is 1.43. The first-order chi connectivity index (χ1) is 12.4. The van der Waals surface area contributed by atoms with Crippen LogP contribution in [0.15, 0.2) is 40.6 Å². The van der Waals surface area contributed by atoms with Crippen molar-refractivity contribution in [1.82, 2.24) is 20.2 Å². The summed E-state index contributed by atoms with van der Waals surface area (Å²) >= 11 is 1.54. The number of hydrogen-bond acceptors (Lipinski definition) is 5. The second-order valence-electron chi connectivity index (χ2n) is 6.61. The van der Waals surface area contributed by atoms with Gasteiger partial charge < -0.3 is 5.32 Å². The highest BCUT2D eigenvalue weighted by Gasteiger charge is 2.24. The Morgan fingerprint density at radius 2 is 1.68 bits per heavy atom. The van der Waals surface area contributed by atoms with Crippen LogP contribution >= 0.6 is 11.8 Å². The molecule has 5 rings (SSSR count). The van der Waals surface area contributed by atoms with Crippen LogP contribution in [0.2, 0.25) is 0 Å². The number of hydrogen-bond donors (Lipinski definition) is 2. The van der Waals surface area contributed by atoms with Crippen molar-refractivity contribution in [3.8, 4) is 0 Å². The van der Waals surface area contributed by atoms with Gasteiger partial charge in [0, 0.05) is 23.0 Å². The topological polar surface area (TPSA) is 66.5 Å². The first-order valence-electron chi connectivity index (χ1n) is 8.80. The Morgan fingerprint density at radius 1 is 0.960 bits per heavy atom. The Morgan fingerprint density at radius 3 is 2.40 bits per heavy atom. The van der Waals surface area contributed by atoms with Crippen LogP contribution < -0.4 is 5.32 Å². The van der Waals surface area contributed by atoms with E-state index >= 15 is 0 Å². The summed E-state index contributed by atoms with van der Waals surface area (Å²) in [4.78, 5) is 9.74. The highest BCUT2D eigenvalue weighted by atomic mass is 32.2. The van der Waals surface area contributed by atoms with Crippen molar-refractivity contribution in [2.45, 2.75) is 48.6 Å². The molecule has 0 bridgehead atoms. The van der Waals surface area contributed by atoms with E-state index in [0.717, 1.165) is 28.8 Å². The molecule has 6 heteroatoms. The molecule has 2 aliphatic rings. The van der Waals surface area contributed by atoms with Gasteiger partial charge >= 0.3 is 0 Å². The summed E-state index contributed by atoms with van der Waals surface area (Å²) in [5, 5.41) is 11.7. The summed E-state index contributed by atoms with van der Waals surface area (Å²) in [5.74, 6) is 0.728. The van der Waals surface area contributed by atoms with Crippen LogP contribution in [0, 0.1) is 0 Å². The number of rotatable bonds is 4. The van der Waals surface area contributed by atoms with Crippen LogP contribution in [0.4, 0.5) is 11.6 Å². The van der Waals surface area contributed by atoms with Gasteiger partial charge in [0.1, 0.15) is 0 Å². The van der Waals surface area contributed by atoms with Gasteiger partial charge in [-0.15, -0.1) is 5.10 Å². The average Bonchev–Trinajstić information content (AvgIpc) is 3.36. The Hall–Kier alpha value is -2.34. The number of anilines is 2. The second kappa shape index (κ2) is 6.19. The van der Waals surface area contributed by atoms with E-state index in [9.17, 15) is 0 Å². The number of benzene rings is 1. The smallest absolute Gasteiger partial charge is 0.224 e. The number of H-pyrrole nitrogens is 1. The molecule has 2 aliphatic carbocycles. The molecule has 0 saturated heterocycles. The van der Waals surface area contributed by atoms with Gasteiger partial charge in [-0.1, -0.05) is 6.07 Å². The maximum absolute atomic E-state index is 4.62. The lowest BCUT2D eigenvalue weighted by Gasteiger charge is -2.15. The third kappa shape index (κ3) is 2.80. The maximum atomic E-state index is 4.62. The molecule has 126 valence electrons. The van der Waals surface area contributed by atoms with Crippen LogP contribution in [0.5, 0.6) is 0 Å². The number of nitrogens with one attached hydrogen (secondary N) is 2. The van der Waals surface area contributed by atoms with Crippen molar-refractivity contribution in [3.63, 3.8) is 0 Å². The Labute approximate surface area is 150 Å². The fourth-order valence-electron chi connectivity index (χ4n) is 3.95. The first kappa shape index (κ1) is 15.0. The molecular formula is C19H19N5S. The number of fused-ring (bicyclic) bond motifs is 2. The van der Waals surface area contributed by atoms with E-state index in [1.54, 1.807) is 12.4 Å². The van der Waals surface area contributed by atoms with Gasteiger partial charge in [0.15, 0.2) is 0 Å². The van der Waals surface area contributed by atoms with E-state index in [1.807, 2.05) is 12.1 Å². The summed E-state index contributed by atoms with van der Waals surface area (Å²) in [6, 6.07) is 6.37. The van der Waals surface area contributed by atoms with Gasteiger partial charge in [-0.05, 0) is 84.7 Å². The number of pyridine rings is 1. The van der Waals surface area contributed by atoms with Gasteiger partial charge in [0.05, 0.1) is 0 Å². The quantitative estimate of drug-likeness (QED) is 0.743. The molecule has 2 heterocycles. The lowest BCUT2D eigenvalue weighted by Crippen LogP contribution is -2.02. The fourth-order valence-corrected chi connectivity index (χ4v) is 4.64. The lowest BCUT2D eigenvalue weighted by atomic mass is 9.99. The van der Waals surface area contributed by atoms with Crippen molar-refractivity contribution < 1.29 is 0 Å². The zero-order valence-corrected chi connectivity index (χ0v) is 14.7. The van der Waals surface area contributed by atoms with Crippen molar-refractivity contribution in [2.75, 3.05) is 5.32 Å². The monoisotopic (exact) mass is 349 g/mol. The predicted octanol–water partition coefficient (Wildman–Crippen LogP) is 4.07. The summed E-state index contributed by atoms with van der Waals surface area (Å²) in [7, 11) is 0. The van der Waals surface area contributed by atoms with Crippen LogP contribution in [0.1, 0.15) is 35.1 Å². The molecule has 25 heavy (non-hydrogen) atoms. The van der Waals surface area contributed by atoms with E-state index in [-0.39, 0.29) is 0 Å². The largest absolute Gasteiger partial charge is 0.324 e. The third-order valence-corrected chi connectivity index (χ3v) is 5.91. The lowest BCUT2D eigenvalue weighted by molar-refractivity contribution is 0.898. The first-order valence-corrected chi connectivity index (χ1v) is 9.62. The van der Waals surface area contributed by atoms with Crippen LogP contribution in [0.3, 0.4) is 0 Å². The number of aryl methyl sites for hydroxylation is 2. The molecule has 0 fully saturated rings. The normalized spacial score (nSPS) is 15.2. The van der Waals surface area contributed by atoms with Crippen molar-refractivity contribution in [1.29, 1.82) is 0 Å². The van der Waals surface area contributed by atoms with E-state index in [4.69, 9.17) is 0 Å². The average molecular weight is 349 g/mol. The molecule has 0 unspecified atom stereocenters. The minimum Gasteiger partial charge on any atom is -0.324 e. The standard InChI is InChI=1S/C19H19N5S/c1-3-12-11-13-4-2-6-16(13)17(15(12)5-1)21-18-22-19(24-23-18)25-14-7-9-20-10-8-14/h7-11H,1-6H2,(H2,21,22,23,24). The van der Waals surface area contributed by atoms with Crippen LogP contribution in [-0.2, 0) is 25.7 Å². The van der Waals surface area contributed by atoms with Gasteiger partial charge in [-0.3, -0.25) is 4.98 Å². The highest BCUT2D eigenvalue weighted by Crippen LogP contribution is 2.39. The molecule has 1 aromatic carbocycles. The van der Waals surface area contributed by atoms with Gasteiger partial charge in [-0.2, -0.15) is 4.98 Å². The maximum Gasteiger partial charge on any atom is 0.224 e. The molecule has 3 aromatic rings. The molecule has 2 aromatic heterocycles. The minimum absolute atomic E-state index is 0.720. The fraction of sp³-hybridized carbons (Fsp3) is 0.316. The summed E-state index contributed by atoms with van der Waals surface area (Å²) in [5.41, 5.74) is 7.31. The van der Waals surface area contributed by atoms with E-state index in [2.05, 4.69) is 31.5 Å². The summed E-state index contributed by atoms with van der Waals surface area (Å²) in [6.45, 7) is 0. The molecule has 0 saturated carbocycles.